The monoisotopic (exact) mass is 967 g/mol. The average molecular weight is 968 g/mol. The van der Waals surface area contributed by atoms with Gasteiger partial charge in [-0.3, -0.25) is 23.8 Å². The molecule has 1 aromatic heterocycles. The maximum Gasteiger partial charge on any atom is 0.506 e. The van der Waals surface area contributed by atoms with Gasteiger partial charge < -0.3 is 50.6 Å². The van der Waals surface area contributed by atoms with Crippen molar-refractivity contribution in [3.05, 3.63) is 35.2 Å². The quantitative estimate of drug-likeness (QED) is 0.0278. The Bertz CT molecular complexity index is 2090. The second-order valence-electron chi connectivity index (χ2n) is 17.7. The first-order valence-corrected chi connectivity index (χ1v) is 24.0. The Morgan fingerprint density at radius 1 is 0.940 bits per heavy atom. The second-order valence-corrected chi connectivity index (χ2v) is 19.1. The Hall–Kier alpha value is -4.98. The summed E-state index contributed by atoms with van der Waals surface area (Å²) in [5, 5.41) is 32.9. The number of anilines is 1. The number of hydroxylamine groups is 2. The smallest absolute Gasteiger partial charge is 0.450 e. The van der Waals surface area contributed by atoms with Gasteiger partial charge in [0.15, 0.2) is 0 Å². The van der Waals surface area contributed by atoms with Gasteiger partial charge in [-0.25, -0.2) is 14.3 Å². The van der Waals surface area contributed by atoms with E-state index in [0.29, 0.717) is 70.4 Å². The molecule has 23 nitrogen and oxygen atoms in total. The standard InChI is InChI=1S/C43H69N9O14S/c1-27(2)38(40(55)46-28(3)39(54)47-30-9-8-29(25-65-42(57)58)36(24-30)67(59,60)61)48-37(53)14-18-51(7)66-19-15-43(4,5)52-35-13-11-32-31(10-12-34(35)49-50-52)33(32)26-64-41(56)45-17-21-63-23-22-62-20-16-44-6/h8-9,24,27-28,31-33,38,44H,10-23,25-26H2,1-7H3,(H,45,56)(H,46,55)(H,47,54)(H,48,53)(H,57,58)(H,59,60,61)/t28-,31?,32?,33+,38?/m0/s1. The summed E-state index contributed by atoms with van der Waals surface area (Å²) in [7, 11) is -1.24. The molecule has 376 valence electrons. The summed E-state index contributed by atoms with van der Waals surface area (Å²) < 4.78 is 56.3. The number of hydrogen-bond donors (Lipinski definition) is 7. The van der Waals surface area contributed by atoms with E-state index in [9.17, 15) is 36.9 Å². The number of benzene rings is 1. The number of carboxylic acid groups (broad SMARTS) is 1. The normalized spacial score (nSPS) is 17.9. The third kappa shape index (κ3) is 17.6. The molecule has 3 unspecified atom stereocenters. The van der Waals surface area contributed by atoms with E-state index in [1.165, 1.54) is 19.1 Å². The molecule has 0 radical (unpaired) electrons. The zero-order chi connectivity index (χ0) is 49.3. The van der Waals surface area contributed by atoms with Crippen LogP contribution >= 0.6 is 0 Å². The lowest BCUT2D eigenvalue weighted by atomic mass is 9.97. The fourth-order valence-corrected chi connectivity index (χ4v) is 8.59. The summed E-state index contributed by atoms with van der Waals surface area (Å²) in [6.07, 6.45) is 2.03. The highest BCUT2D eigenvalue weighted by molar-refractivity contribution is 7.85. The minimum atomic E-state index is -4.82. The number of aromatic nitrogens is 3. The molecule has 0 aliphatic heterocycles. The largest absolute Gasteiger partial charge is 0.506 e. The van der Waals surface area contributed by atoms with E-state index in [0.717, 1.165) is 49.7 Å². The van der Waals surface area contributed by atoms with Gasteiger partial charge in [0.1, 0.15) is 23.6 Å². The molecule has 7 N–H and O–H groups in total. The number of carbonyl (C=O) groups excluding carboxylic acids is 4. The van der Waals surface area contributed by atoms with Crippen LogP contribution in [0.4, 0.5) is 15.3 Å². The van der Waals surface area contributed by atoms with Gasteiger partial charge in [0.25, 0.3) is 10.1 Å². The fraction of sp³-hybridized carbons (Fsp3) is 0.698. The number of nitrogens with one attached hydrogen (secondary N) is 5. The predicted molar refractivity (Wildman–Crippen MR) is 241 cm³/mol. The van der Waals surface area contributed by atoms with Gasteiger partial charge in [-0.05, 0) is 95.7 Å². The highest BCUT2D eigenvalue weighted by atomic mass is 32.2. The van der Waals surface area contributed by atoms with Crippen LogP contribution in [0.2, 0.25) is 0 Å². The fourth-order valence-electron chi connectivity index (χ4n) is 7.85. The molecule has 5 atom stereocenters. The number of fused-ring (bicyclic) bond motifs is 2. The summed E-state index contributed by atoms with van der Waals surface area (Å²) in [5.41, 5.74) is 1.45. The van der Waals surface area contributed by atoms with Gasteiger partial charge in [-0.15, -0.1) is 5.10 Å². The third-order valence-corrected chi connectivity index (χ3v) is 12.7. The summed E-state index contributed by atoms with van der Waals surface area (Å²) in [6, 6.07) is 1.24. The molecule has 2 aliphatic rings. The van der Waals surface area contributed by atoms with Crippen molar-refractivity contribution in [1.29, 1.82) is 0 Å². The van der Waals surface area contributed by atoms with Gasteiger partial charge in [-0.2, -0.15) is 13.5 Å². The minimum Gasteiger partial charge on any atom is -0.450 e. The van der Waals surface area contributed by atoms with E-state index in [1.54, 1.807) is 26.0 Å². The lowest BCUT2D eigenvalue weighted by Crippen LogP contribution is -2.53. The number of carbonyl (C=O) groups is 5. The molecule has 2 aliphatic carbocycles. The Morgan fingerprint density at radius 2 is 1.63 bits per heavy atom. The number of alkyl carbamates (subject to hydrolysis) is 1. The minimum absolute atomic E-state index is 0.00838. The van der Waals surface area contributed by atoms with Crippen molar-refractivity contribution in [2.24, 2.45) is 23.7 Å². The zero-order valence-electron chi connectivity index (χ0n) is 39.5. The highest BCUT2D eigenvalue weighted by Crippen LogP contribution is 2.53. The van der Waals surface area contributed by atoms with Gasteiger partial charge in [0, 0.05) is 44.4 Å². The second kappa shape index (κ2) is 26.0. The molecule has 0 spiro atoms. The maximum absolute atomic E-state index is 13.2. The third-order valence-electron chi connectivity index (χ3n) is 11.8. The first-order valence-electron chi connectivity index (χ1n) is 22.6. The van der Waals surface area contributed by atoms with Crippen LogP contribution in [-0.4, -0.2) is 154 Å². The predicted octanol–water partition coefficient (Wildman–Crippen LogP) is 2.10. The van der Waals surface area contributed by atoms with E-state index >= 15 is 0 Å². The molecule has 1 heterocycles. The molecule has 2 aromatic rings. The molecule has 24 heteroatoms. The molecular weight excluding hydrogens is 899 g/mol. The number of ether oxygens (including phenoxy) is 4. The Kier molecular flexibility index (Phi) is 21.2. The van der Waals surface area contributed by atoms with Crippen molar-refractivity contribution in [3.8, 4) is 0 Å². The molecule has 1 aromatic carbocycles. The SMILES string of the molecule is CNCCOCCOCCNC(=O)OC[C@@H]1C2CCc3nnn(C(C)(C)CCON(C)CCC(=O)NC(C(=O)N[C@@H](C)C(=O)Nc4ccc(COC(=O)O)c(S(=O)(=O)O)c4)C(C)C)c3CCC21. The molecular formula is C43H69N9O14S. The van der Waals surface area contributed by atoms with E-state index < -0.39 is 69.2 Å². The topological polar surface area (TPSA) is 300 Å². The maximum atomic E-state index is 13.2. The first kappa shape index (κ1) is 54.6. The summed E-state index contributed by atoms with van der Waals surface area (Å²) in [4.78, 5) is 67.6. The van der Waals surface area contributed by atoms with Gasteiger partial charge >= 0.3 is 12.2 Å². The zero-order valence-corrected chi connectivity index (χ0v) is 40.3. The first-order chi connectivity index (χ1) is 31.7. The molecule has 1 saturated carbocycles. The van der Waals surface area contributed by atoms with Crippen molar-refractivity contribution in [2.45, 2.75) is 102 Å². The van der Waals surface area contributed by atoms with Crippen molar-refractivity contribution >= 4 is 45.8 Å². The van der Waals surface area contributed by atoms with Crippen LogP contribution in [0.5, 0.6) is 0 Å². The van der Waals surface area contributed by atoms with Crippen LogP contribution in [-0.2, 0) is 73.3 Å². The Labute approximate surface area is 391 Å². The number of aryl methyl sites for hydroxylation is 1. The Balaban J connectivity index is 1.16. The van der Waals surface area contributed by atoms with Crippen LogP contribution in [0.3, 0.4) is 0 Å². The van der Waals surface area contributed by atoms with Crippen molar-refractivity contribution in [2.75, 3.05) is 78.7 Å². The number of nitrogens with zero attached hydrogens (tertiary/aromatic N) is 4. The van der Waals surface area contributed by atoms with E-state index in [-0.39, 0.29) is 30.1 Å². The molecule has 4 rings (SSSR count). The van der Waals surface area contributed by atoms with Crippen molar-refractivity contribution in [1.82, 2.24) is 41.3 Å². The summed E-state index contributed by atoms with van der Waals surface area (Å²) >= 11 is 0. The Morgan fingerprint density at radius 3 is 2.28 bits per heavy atom. The lowest BCUT2D eigenvalue weighted by molar-refractivity contribution is -0.150. The van der Waals surface area contributed by atoms with Crippen LogP contribution in [0.1, 0.15) is 77.3 Å². The molecule has 67 heavy (non-hydrogen) atoms. The van der Waals surface area contributed by atoms with Crippen LogP contribution < -0.4 is 26.6 Å². The molecule has 1 fully saturated rings. The number of rotatable bonds is 28. The number of amides is 4. The van der Waals surface area contributed by atoms with Crippen molar-refractivity contribution in [3.63, 3.8) is 0 Å². The van der Waals surface area contributed by atoms with Crippen molar-refractivity contribution < 1.29 is 65.8 Å². The number of likely N-dealkylation sites (N-methyl/N-ethyl adjacent to an activating group) is 1. The lowest BCUT2D eigenvalue weighted by Gasteiger charge is -2.28. The van der Waals surface area contributed by atoms with Gasteiger partial charge in [-0.1, -0.05) is 25.1 Å². The molecule has 0 bridgehead atoms. The van der Waals surface area contributed by atoms with E-state index in [4.69, 9.17) is 24.2 Å². The van der Waals surface area contributed by atoms with Gasteiger partial charge in [0.05, 0.1) is 56.6 Å². The molecule has 0 saturated heterocycles. The average Bonchev–Trinajstić information content (AvgIpc) is 3.74. The van der Waals surface area contributed by atoms with E-state index in [2.05, 4.69) is 55.5 Å². The summed E-state index contributed by atoms with van der Waals surface area (Å²) in [5.74, 6) is -0.861. The molecule has 4 amide bonds. The van der Waals surface area contributed by atoms with Crippen LogP contribution in [0.15, 0.2) is 23.1 Å². The summed E-state index contributed by atoms with van der Waals surface area (Å²) in [6.45, 7) is 12.4. The highest BCUT2D eigenvalue weighted by Gasteiger charge is 2.50. The van der Waals surface area contributed by atoms with Crippen LogP contribution in [0.25, 0.3) is 0 Å². The van der Waals surface area contributed by atoms with Crippen LogP contribution in [0, 0.1) is 23.7 Å². The van der Waals surface area contributed by atoms with E-state index in [1.807, 2.05) is 11.7 Å². The number of hydrogen-bond acceptors (Lipinski definition) is 16. The van der Waals surface area contributed by atoms with Gasteiger partial charge in [0.2, 0.25) is 17.7 Å².